The fraction of sp³-hybridized carbons (Fsp3) is 0.381. The average molecular weight is 399 g/mol. The molecule has 146 valence electrons. The first-order chi connectivity index (χ1) is 13.5. The van der Waals surface area contributed by atoms with Crippen LogP contribution in [0.5, 0.6) is 0 Å². The van der Waals surface area contributed by atoms with E-state index in [-0.39, 0.29) is 18.6 Å². The SMILES string of the molecule is CCOC(=O)Cn1c2c(c3cc(C)ccc31)CC(Nc1ncc(Cl)cn1)CC2. The number of halogens is 1. The van der Waals surface area contributed by atoms with E-state index in [1.807, 2.05) is 6.92 Å². The topological polar surface area (TPSA) is 69.0 Å². The van der Waals surface area contributed by atoms with Gasteiger partial charge >= 0.3 is 5.97 Å². The standard InChI is InChI=1S/C21H23ClN4O2/c1-3-28-20(27)12-26-18-6-4-13(2)8-16(18)17-9-15(5-7-19(17)26)25-21-23-10-14(22)11-24-21/h4,6,8,10-11,15H,3,5,7,9,12H2,1-2H3,(H,23,24,25). The lowest BCUT2D eigenvalue weighted by atomic mass is 9.91. The number of rotatable bonds is 5. The van der Waals surface area contributed by atoms with Gasteiger partial charge in [0, 0.05) is 22.6 Å². The van der Waals surface area contributed by atoms with Crippen LogP contribution in [0.3, 0.4) is 0 Å². The fourth-order valence-electron chi connectivity index (χ4n) is 3.97. The molecule has 0 aliphatic heterocycles. The highest BCUT2D eigenvalue weighted by atomic mass is 35.5. The summed E-state index contributed by atoms with van der Waals surface area (Å²) in [6, 6.07) is 6.63. The van der Waals surface area contributed by atoms with Gasteiger partial charge in [0.1, 0.15) is 6.54 Å². The van der Waals surface area contributed by atoms with Gasteiger partial charge in [0.25, 0.3) is 0 Å². The third-order valence-corrected chi connectivity index (χ3v) is 5.36. The van der Waals surface area contributed by atoms with Crippen molar-refractivity contribution in [2.24, 2.45) is 0 Å². The highest BCUT2D eigenvalue weighted by Crippen LogP contribution is 2.33. The number of hydrogen-bond donors (Lipinski definition) is 1. The molecule has 0 spiro atoms. The Hall–Kier alpha value is -2.60. The van der Waals surface area contributed by atoms with E-state index in [0.717, 1.165) is 24.8 Å². The third-order valence-electron chi connectivity index (χ3n) is 5.17. The number of carbonyl (C=O) groups is 1. The molecule has 2 heterocycles. The van der Waals surface area contributed by atoms with Crippen LogP contribution in [0.2, 0.25) is 5.02 Å². The monoisotopic (exact) mass is 398 g/mol. The van der Waals surface area contributed by atoms with Gasteiger partial charge in [0.15, 0.2) is 0 Å². The van der Waals surface area contributed by atoms with Crippen LogP contribution in [0.15, 0.2) is 30.6 Å². The molecule has 0 amide bonds. The van der Waals surface area contributed by atoms with E-state index >= 15 is 0 Å². The van der Waals surface area contributed by atoms with Crippen molar-refractivity contribution < 1.29 is 9.53 Å². The number of nitrogens with zero attached hydrogens (tertiary/aromatic N) is 3. The zero-order valence-electron chi connectivity index (χ0n) is 16.0. The number of esters is 1. The van der Waals surface area contributed by atoms with Crippen LogP contribution in [-0.2, 0) is 28.9 Å². The Bertz CT molecular complexity index is 1010. The number of benzene rings is 1. The molecule has 1 aliphatic rings. The van der Waals surface area contributed by atoms with Crippen molar-refractivity contribution in [2.45, 2.75) is 45.7 Å². The zero-order chi connectivity index (χ0) is 19.7. The Labute approximate surface area is 168 Å². The Morgan fingerprint density at radius 3 is 2.89 bits per heavy atom. The molecule has 0 fully saturated rings. The lowest BCUT2D eigenvalue weighted by Gasteiger charge is -2.25. The van der Waals surface area contributed by atoms with E-state index in [0.29, 0.717) is 17.6 Å². The van der Waals surface area contributed by atoms with Crippen molar-refractivity contribution in [3.8, 4) is 0 Å². The Balaban J connectivity index is 1.66. The first kappa shape index (κ1) is 18.7. The van der Waals surface area contributed by atoms with Crippen molar-refractivity contribution in [3.05, 3.63) is 52.4 Å². The predicted octanol–water partition coefficient (Wildman–Crippen LogP) is 3.93. The molecule has 1 atom stereocenters. The molecule has 0 saturated heterocycles. The average Bonchev–Trinajstić information content (AvgIpc) is 2.96. The van der Waals surface area contributed by atoms with Crippen LogP contribution in [0.4, 0.5) is 5.95 Å². The van der Waals surface area contributed by atoms with E-state index in [1.165, 1.54) is 22.2 Å². The summed E-state index contributed by atoms with van der Waals surface area (Å²) in [5.74, 6) is 0.391. The van der Waals surface area contributed by atoms with Gasteiger partial charge in [0.05, 0.1) is 24.0 Å². The zero-order valence-corrected chi connectivity index (χ0v) is 16.8. The van der Waals surface area contributed by atoms with Gasteiger partial charge in [-0.3, -0.25) is 4.79 Å². The van der Waals surface area contributed by atoms with Crippen molar-refractivity contribution in [1.29, 1.82) is 0 Å². The second kappa shape index (κ2) is 7.80. The van der Waals surface area contributed by atoms with Crippen LogP contribution < -0.4 is 5.32 Å². The molecule has 1 unspecified atom stereocenters. The second-order valence-electron chi connectivity index (χ2n) is 7.15. The Kier molecular flexibility index (Phi) is 5.22. The summed E-state index contributed by atoms with van der Waals surface area (Å²) < 4.78 is 7.31. The molecular weight excluding hydrogens is 376 g/mol. The highest BCUT2D eigenvalue weighted by molar-refractivity contribution is 6.30. The number of carbonyl (C=O) groups excluding carboxylic acids is 1. The van der Waals surface area contributed by atoms with Gasteiger partial charge in [-0.05, 0) is 50.8 Å². The summed E-state index contributed by atoms with van der Waals surface area (Å²) >= 11 is 5.87. The van der Waals surface area contributed by atoms with E-state index in [1.54, 1.807) is 12.4 Å². The van der Waals surface area contributed by atoms with E-state index in [9.17, 15) is 4.79 Å². The molecular formula is C21H23ClN4O2. The minimum Gasteiger partial charge on any atom is -0.465 e. The van der Waals surface area contributed by atoms with E-state index in [4.69, 9.17) is 16.3 Å². The summed E-state index contributed by atoms with van der Waals surface area (Å²) in [5, 5.41) is 5.15. The quantitative estimate of drug-likeness (QED) is 0.659. The molecule has 0 radical (unpaired) electrons. The summed E-state index contributed by atoms with van der Waals surface area (Å²) in [5.41, 5.74) is 4.82. The minimum absolute atomic E-state index is 0.197. The molecule has 4 rings (SSSR count). The van der Waals surface area contributed by atoms with Crippen LogP contribution >= 0.6 is 11.6 Å². The summed E-state index contributed by atoms with van der Waals surface area (Å²) in [6.45, 7) is 4.57. The Morgan fingerprint density at radius 2 is 2.14 bits per heavy atom. The van der Waals surface area contributed by atoms with Gasteiger partial charge in [-0.15, -0.1) is 0 Å². The number of nitrogens with one attached hydrogen (secondary N) is 1. The molecule has 0 saturated carbocycles. The van der Waals surface area contributed by atoms with Gasteiger partial charge in [-0.1, -0.05) is 23.2 Å². The number of hydrogen-bond acceptors (Lipinski definition) is 5. The third kappa shape index (κ3) is 3.69. The van der Waals surface area contributed by atoms with Gasteiger partial charge in [-0.2, -0.15) is 0 Å². The molecule has 3 aromatic rings. The van der Waals surface area contributed by atoms with Gasteiger partial charge in [-0.25, -0.2) is 9.97 Å². The maximum absolute atomic E-state index is 12.2. The smallest absolute Gasteiger partial charge is 0.325 e. The molecule has 1 aliphatic carbocycles. The van der Waals surface area contributed by atoms with Crippen molar-refractivity contribution in [1.82, 2.24) is 14.5 Å². The lowest BCUT2D eigenvalue weighted by Crippen LogP contribution is -2.29. The number of aromatic nitrogens is 3. The fourth-order valence-corrected chi connectivity index (χ4v) is 4.07. The highest BCUT2D eigenvalue weighted by Gasteiger charge is 2.26. The minimum atomic E-state index is -0.197. The maximum Gasteiger partial charge on any atom is 0.325 e. The predicted molar refractivity (Wildman–Crippen MR) is 110 cm³/mol. The number of ether oxygens (including phenoxy) is 1. The Morgan fingerprint density at radius 1 is 1.36 bits per heavy atom. The van der Waals surface area contributed by atoms with E-state index in [2.05, 4.69) is 45.0 Å². The molecule has 1 aromatic carbocycles. The summed E-state index contributed by atoms with van der Waals surface area (Å²) in [7, 11) is 0. The largest absolute Gasteiger partial charge is 0.465 e. The van der Waals surface area contributed by atoms with Gasteiger partial charge < -0.3 is 14.6 Å². The lowest BCUT2D eigenvalue weighted by molar-refractivity contribution is -0.143. The maximum atomic E-state index is 12.2. The second-order valence-corrected chi connectivity index (χ2v) is 7.58. The molecule has 28 heavy (non-hydrogen) atoms. The molecule has 7 heteroatoms. The van der Waals surface area contributed by atoms with Crippen molar-refractivity contribution in [2.75, 3.05) is 11.9 Å². The molecule has 0 bridgehead atoms. The summed E-state index contributed by atoms with van der Waals surface area (Å²) in [4.78, 5) is 20.7. The van der Waals surface area contributed by atoms with Crippen molar-refractivity contribution >= 4 is 34.4 Å². The first-order valence-electron chi connectivity index (χ1n) is 9.55. The van der Waals surface area contributed by atoms with Crippen LogP contribution in [0.1, 0.15) is 30.2 Å². The van der Waals surface area contributed by atoms with Crippen molar-refractivity contribution in [3.63, 3.8) is 0 Å². The van der Waals surface area contributed by atoms with E-state index < -0.39 is 0 Å². The molecule has 6 nitrogen and oxygen atoms in total. The normalized spacial score (nSPS) is 16.0. The van der Waals surface area contributed by atoms with Crippen LogP contribution in [0, 0.1) is 6.92 Å². The van der Waals surface area contributed by atoms with Crippen LogP contribution in [0.25, 0.3) is 10.9 Å². The van der Waals surface area contributed by atoms with Crippen LogP contribution in [-0.4, -0.2) is 33.2 Å². The summed E-state index contributed by atoms with van der Waals surface area (Å²) in [6.07, 6.45) is 5.88. The molecule has 1 N–H and O–H groups in total. The number of fused-ring (bicyclic) bond motifs is 3. The van der Waals surface area contributed by atoms with Gasteiger partial charge in [0.2, 0.25) is 5.95 Å². The number of aryl methyl sites for hydroxylation is 1. The molecule has 2 aromatic heterocycles. The first-order valence-corrected chi connectivity index (χ1v) is 9.93. The number of anilines is 1.